The zero-order valence-corrected chi connectivity index (χ0v) is 11.3. The number of hydrogen-bond acceptors (Lipinski definition) is 5. The van der Waals surface area contributed by atoms with Gasteiger partial charge in [-0.2, -0.15) is 0 Å². The Morgan fingerprint density at radius 3 is 2.71 bits per heavy atom. The van der Waals surface area contributed by atoms with E-state index in [-0.39, 0.29) is 28.6 Å². The maximum absolute atomic E-state index is 12.0. The van der Waals surface area contributed by atoms with Gasteiger partial charge in [0.05, 0.1) is 12.5 Å². The lowest BCUT2D eigenvalue weighted by molar-refractivity contribution is -0.117. The molecule has 0 aliphatic heterocycles. The molecule has 0 spiro atoms. The molecule has 1 fully saturated rings. The van der Waals surface area contributed by atoms with Gasteiger partial charge in [-0.3, -0.25) is 9.59 Å². The minimum Gasteiger partial charge on any atom is -0.463 e. The van der Waals surface area contributed by atoms with Crippen LogP contribution in [0.15, 0.2) is 33.5 Å². The molecule has 0 unspecified atom stereocenters. The number of anilines is 1. The Balaban J connectivity index is 1.98. The topological polar surface area (TPSA) is 85.6 Å². The average molecular weight is 287 g/mol. The van der Waals surface area contributed by atoms with E-state index in [0.717, 1.165) is 18.9 Å². The summed E-state index contributed by atoms with van der Waals surface area (Å²) < 4.78 is 9.85. The number of hydrogen-bond donors (Lipinski definition) is 1. The summed E-state index contributed by atoms with van der Waals surface area (Å²) in [5, 5.41) is 3.06. The quantitative estimate of drug-likeness (QED) is 0.872. The number of ether oxygens (including phenoxy) is 1. The number of methoxy groups -OCH3 is 1. The minimum atomic E-state index is -0.708. The molecule has 1 N–H and O–H groups in total. The molecular weight excluding hydrogens is 274 g/mol. The SMILES string of the molecule is COC(=O)c1cc(=O)c2cc(NC(=O)C3CC3)ccc2o1. The highest BCUT2D eigenvalue weighted by Crippen LogP contribution is 2.30. The molecule has 108 valence electrons. The van der Waals surface area contributed by atoms with Crippen LogP contribution in [0.1, 0.15) is 23.4 Å². The van der Waals surface area contributed by atoms with Crippen molar-refractivity contribution < 1.29 is 18.7 Å². The number of esters is 1. The summed E-state index contributed by atoms with van der Waals surface area (Å²) in [4.78, 5) is 35.1. The van der Waals surface area contributed by atoms with Crippen LogP contribution in [0.25, 0.3) is 11.0 Å². The highest BCUT2D eigenvalue weighted by atomic mass is 16.5. The Labute approximate surface area is 119 Å². The first kappa shape index (κ1) is 13.4. The summed E-state index contributed by atoms with van der Waals surface area (Å²) >= 11 is 0. The van der Waals surface area contributed by atoms with Crippen LogP contribution in [0.5, 0.6) is 0 Å². The van der Waals surface area contributed by atoms with Crippen molar-refractivity contribution in [2.45, 2.75) is 12.8 Å². The molecule has 6 nitrogen and oxygen atoms in total. The third kappa shape index (κ3) is 2.65. The number of fused-ring (bicyclic) bond motifs is 1. The van der Waals surface area contributed by atoms with Gasteiger partial charge >= 0.3 is 5.97 Å². The normalized spacial score (nSPS) is 14.0. The highest BCUT2D eigenvalue weighted by Gasteiger charge is 2.29. The Bertz CT molecular complexity index is 788. The van der Waals surface area contributed by atoms with Gasteiger partial charge in [-0.25, -0.2) is 4.79 Å². The molecule has 2 aromatic rings. The van der Waals surface area contributed by atoms with Gasteiger partial charge in [0.25, 0.3) is 0 Å². The van der Waals surface area contributed by atoms with E-state index in [1.807, 2.05) is 0 Å². The first-order valence-electron chi connectivity index (χ1n) is 6.55. The fraction of sp³-hybridized carbons (Fsp3) is 0.267. The molecule has 0 radical (unpaired) electrons. The molecule has 1 saturated carbocycles. The van der Waals surface area contributed by atoms with Crippen LogP contribution in [0.3, 0.4) is 0 Å². The molecule has 0 bridgehead atoms. The molecule has 1 aliphatic rings. The van der Waals surface area contributed by atoms with Crippen molar-refractivity contribution in [3.05, 3.63) is 40.2 Å². The van der Waals surface area contributed by atoms with E-state index in [2.05, 4.69) is 10.1 Å². The van der Waals surface area contributed by atoms with Crippen molar-refractivity contribution in [1.29, 1.82) is 0 Å². The van der Waals surface area contributed by atoms with E-state index in [0.29, 0.717) is 11.1 Å². The fourth-order valence-corrected chi connectivity index (χ4v) is 2.03. The summed E-state index contributed by atoms with van der Waals surface area (Å²) in [6.45, 7) is 0. The standard InChI is InChI=1S/C15H13NO5/c1-20-15(19)13-7-11(17)10-6-9(4-5-12(10)21-13)16-14(18)8-2-3-8/h4-8H,2-3H2,1H3,(H,16,18). The minimum absolute atomic E-state index is 0.0371. The van der Waals surface area contributed by atoms with Gasteiger partial charge in [-0.1, -0.05) is 0 Å². The zero-order valence-electron chi connectivity index (χ0n) is 11.3. The van der Waals surface area contributed by atoms with Crippen LogP contribution >= 0.6 is 0 Å². The van der Waals surface area contributed by atoms with Gasteiger partial charge in [0.15, 0.2) is 5.43 Å². The Hall–Kier alpha value is -2.63. The molecule has 6 heteroatoms. The monoisotopic (exact) mass is 287 g/mol. The van der Waals surface area contributed by atoms with E-state index in [1.165, 1.54) is 7.11 Å². The van der Waals surface area contributed by atoms with Crippen LogP contribution in [0.2, 0.25) is 0 Å². The van der Waals surface area contributed by atoms with Crippen molar-refractivity contribution in [2.75, 3.05) is 12.4 Å². The molecule has 1 heterocycles. The number of amides is 1. The largest absolute Gasteiger partial charge is 0.463 e. The van der Waals surface area contributed by atoms with Crippen LogP contribution in [-0.2, 0) is 9.53 Å². The maximum atomic E-state index is 12.0. The van der Waals surface area contributed by atoms with Gasteiger partial charge in [0, 0.05) is 17.7 Å². The van der Waals surface area contributed by atoms with E-state index < -0.39 is 5.97 Å². The zero-order chi connectivity index (χ0) is 15.0. The van der Waals surface area contributed by atoms with Crippen molar-refractivity contribution >= 4 is 28.5 Å². The highest BCUT2D eigenvalue weighted by molar-refractivity contribution is 5.96. The summed E-state index contributed by atoms with van der Waals surface area (Å²) in [6, 6.07) is 5.81. The molecule has 0 saturated heterocycles. The van der Waals surface area contributed by atoms with Crippen LogP contribution in [-0.4, -0.2) is 19.0 Å². The Kier molecular flexibility index (Phi) is 3.21. The lowest BCUT2D eigenvalue weighted by Crippen LogP contribution is -2.14. The predicted molar refractivity (Wildman–Crippen MR) is 75.2 cm³/mol. The summed E-state index contributed by atoms with van der Waals surface area (Å²) in [6.07, 6.45) is 1.81. The van der Waals surface area contributed by atoms with Gasteiger partial charge in [-0.05, 0) is 31.0 Å². The molecule has 3 rings (SSSR count). The van der Waals surface area contributed by atoms with Gasteiger partial charge in [0.1, 0.15) is 5.58 Å². The number of nitrogens with one attached hydrogen (secondary N) is 1. The maximum Gasteiger partial charge on any atom is 0.374 e. The smallest absolute Gasteiger partial charge is 0.374 e. The molecule has 1 aliphatic carbocycles. The Morgan fingerprint density at radius 1 is 1.29 bits per heavy atom. The second-order valence-electron chi connectivity index (χ2n) is 4.94. The number of benzene rings is 1. The lowest BCUT2D eigenvalue weighted by atomic mass is 10.2. The van der Waals surface area contributed by atoms with E-state index >= 15 is 0 Å². The first-order valence-corrected chi connectivity index (χ1v) is 6.55. The molecule has 0 atom stereocenters. The van der Waals surface area contributed by atoms with Crippen molar-refractivity contribution in [1.82, 2.24) is 0 Å². The van der Waals surface area contributed by atoms with Crippen LogP contribution < -0.4 is 10.7 Å². The Morgan fingerprint density at radius 2 is 2.05 bits per heavy atom. The van der Waals surface area contributed by atoms with E-state index in [9.17, 15) is 14.4 Å². The molecule has 21 heavy (non-hydrogen) atoms. The average Bonchev–Trinajstić information content (AvgIpc) is 3.31. The first-order chi connectivity index (χ1) is 10.1. The number of carbonyl (C=O) groups excluding carboxylic acids is 2. The third-order valence-electron chi connectivity index (χ3n) is 3.33. The molecular formula is C15H13NO5. The number of rotatable bonds is 3. The van der Waals surface area contributed by atoms with Gasteiger partial charge in [0.2, 0.25) is 11.7 Å². The number of carbonyl (C=O) groups is 2. The molecule has 1 aromatic carbocycles. The summed E-state index contributed by atoms with van der Waals surface area (Å²) in [5.41, 5.74) is 0.448. The third-order valence-corrected chi connectivity index (χ3v) is 3.33. The van der Waals surface area contributed by atoms with Crippen LogP contribution in [0.4, 0.5) is 5.69 Å². The lowest BCUT2D eigenvalue weighted by Gasteiger charge is -2.06. The van der Waals surface area contributed by atoms with Gasteiger partial charge in [-0.15, -0.1) is 0 Å². The van der Waals surface area contributed by atoms with E-state index in [4.69, 9.17) is 4.42 Å². The predicted octanol–water partition coefficient (Wildman–Crippen LogP) is 1.93. The summed E-state index contributed by atoms with van der Waals surface area (Å²) in [5.74, 6) is -0.811. The second-order valence-corrected chi connectivity index (χ2v) is 4.94. The van der Waals surface area contributed by atoms with Crippen molar-refractivity contribution in [2.24, 2.45) is 5.92 Å². The van der Waals surface area contributed by atoms with Crippen molar-refractivity contribution in [3.63, 3.8) is 0 Å². The second kappa shape index (κ2) is 5.05. The summed E-state index contributed by atoms with van der Waals surface area (Å²) in [7, 11) is 1.21. The van der Waals surface area contributed by atoms with Crippen LogP contribution in [0, 0.1) is 5.92 Å². The fourth-order valence-electron chi connectivity index (χ4n) is 2.03. The van der Waals surface area contributed by atoms with E-state index in [1.54, 1.807) is 18.2 Å². The molecule has 1 amide bonds. The van der Waals surface area contributed by atoms with Gasteiger partial charge < -0.3 is 14.5 Å². The molecule has 1 aromatic heterocycles. The van der Waals surface area contributed by atoms with Crippen molar-refractivity contribution in [3.8, 4) is 0 Å².